The number of benzene rings is 1. The summed E-state index contributed by atoms with van der Waals surface area (Å²) in [4.78, 5) is 0. The molecule has 0 aliphatic heterocycles. The molecule has 0 spiro atoms. The van der Waals surface area contributed by atoms with Crippen molar-refractivity contribution in [1.29, 1.82) is 0 Å². The van der Waals surface area contributed by atoms with Gasteiger partial charge < -0.3 is 10.1 Å². The molecule has 1 aromatic rings. The Morgan fingerprint density at radius 2 is 1.62 bits per heavy atom. The fraction of sp³-hybridized carbons (Fsp3) is 0.684. The lowest BCUT2D eigenvalue weighted by atomic mass is 9.85. The topological polar surface area (TPSA) is 21.3 Å². The van der Waals surface area contributed by atoms with E-state index in [-0.39, 0.29) is 0 Å². The number of rotatable bonds is 11. The summed E-state index contributed by atoms with van der Waals surface area (Å²) < 4.78 is 5.98. The Labute approximate surface area is 131 Å². The lowest BCUT2D eigenvalue weighted by Crippen LogP contribution is -2.29. The maximum atomic E-state index is 5.98. The Balaban J connectivity index is 3.01. The number of ether oxygens (including phenoxy) is 1. The van der Waals surface area contributed by atoms with Gasteiger partial charge in [-0.2, -0.15) is 0 Å². The van der Waals surface area contributed by atoms with Crippen molar-refractivity contribution in [3.63, 3.8) is 0 Å². The molecule has 0 aliphatic rings. The summed E-state index contributed by atoms with van der Waals surface area (Å²) in [5, 5.41) is 3.71. The first-order chi connectivity index (χ1) is 10.3. The molecule has 1 atom stereocenters. The van der Waals surface area contributed by atoms with Crippen molar-refractivity contribution in [3.05, 3.63) is 29.8 Å². The van der Waals surface area contributed by atoms with Crippen molar-refractivity contribution in [3.8, 4) is 5.75 Å². The first kappa shape index (κ1) is 18.0. The summed E-state index contributed by atoms with van der Waals surface area (Å²) in [7, 11) is 0. The Hall–Kier alpha value is -1.02. The smallest absolute Gasteiger partial charge is 0.124 e. The average molecular weight is 291 g/mol. The predicted octanol–water partition coefficient (Wildman–Crippen LogP) is 5.34. The van der Waals surface area contributed by atoms with Gasteiger partial charge in [-0.05, 0) is 37.8 Å². The zero-order chi connectivity index (χ0) is 15.5. The first-order valence-electron chi connectivity index (χ1n) is 8.73. The van der Waals surface area contributed by atoms with Gasteiger partial charge in [-0.25, -0.2) is 0 Å². The van der Waals surface area contributed by atoms with Crippen LogP contribution in [-0.4, -0.2) is 13.2 Å². The van der Waals surface area contributed by atoms with Crippen LogP contribution in [0.4, 0.5) is 0 Å². The molecule has 1 unspecified atom stereocenters. The van der Waals surface area contributed by atoms with Crippen LogP contribution < -0.4 is 10.1 Å². The van der Waals surface area contributed by atoms with Crippen LogP contribution in [0.3, 0.4) is 0 Å². The van der Waals surface area contributed by atoms with Crippen LogP contribution in [0.2, 0.25) is 0 Å². The molecule has 0 amide bonds. The monoisotopic (exact) mass is 291 g/mol. The third-order valence-electron chi connectivity index (χ3n) is 3.93. The molecule has 0 heterocycles. The van der Waals surface area contributed by atoms with Crippen molar-refractivity contribution in [1.82, 2.24) is 5.32 Å². The molecule has 2 nitrogen and oxygen atoms in total. The highest BCUT2D eigenvalue weighted by Gasteiger charge is 2.23. The Morgan fingerprint density at radius 1 is 0.952 bits per heavy atom. The second kappa shape index (κ2) is 10.7. The van der Waals surface area contributed by atoms with E-state index in [9.17, 15) is 0 Å². The van der Waals surface area contributed by atoms with E-state index in [0.717, 1.165) is 25.3 Å². The lowest BCUT2D eigenvalue weighted by molar-refractivity contribution is 0.285. The normalized spacial score (nSPS) is 12.6. The Morgan fingerprint density at radius 3 is 2.19 bits per heavy atom. The molecular weight excluding hydrogens is 258 g/mol. The van der Waals surface area contributed by atoms with E-state index in [2.05, 4.69) is 57.3 Å². The van der Waals surface area contributed by atoms with Crippen LogP contribution in [0.1, 0.15) is 71.4 Å². The van der Waals surface area contributed by atoms with Gasteiger partial charge in [0.25, 0.3) is 0 Å². The maximum absolute atomic E-state index is 5.98. The van der Waals surface area contributed by atoms with E-state index >= 15 is 0 Å². The van der Waals surface area contributed by atoms with Gasteiger partial charge >= 0.3 is 0 Å². The maximum Gasteiger partial charge on any atom is 0.124 e. The molecule has 2 heteroatoms. The summed E-state index contributed by atoms with van der Waals surface area (Å²) in [6.45, 7) is 10.7. The van der Waals surface area contributed by atoms with Crippen LogP contribution in [0.5, 0.6) is 5.75 Å². The average Bonchev–Trinajstić information content (AvgIpc) is 2.51. The number of hydrogen-bond donors (Lipinski definition) is 1. The molecule has 1 aromatic carbocycles. The minimum absolute atomic E-state index is 0.406. The molecule has 0 fully saturated rings. The molecule has 21 heavy (non-hydrogen) atoms. The minimum Gasteiger partial charge on any atom is -0.493 e. The van der Waals surface area contributed by atoms with Gasteiger partial charge in [-0.3, -0.25) is 0 Å². The zero-order valence-corrected chi connectivity index (χ0v) is 14.3. The summed E-state index contributed by atoms with van der Waals surface area (Å²) in [6, 6.07) is 8.96. The third kappa shape index (κ3) is 5.70. The fourth-order valence-corrected chi connectivity index (χ4v) is 3.05. The molecule has 0 radical (unpaired) electrons. The standard InChI is InChI=1S/C19H33NO/c1-5-11-16(12-6-2)19(20-8-4)17-13-9-10-14-18(17)21-15-7-3/h9-10,13-14,16,19-20H,5-8,11-12,15H2,1-4H3. The summed E-state index contributed by atoms with van der Waals surface area (Å²) in [6.07, 6.45) is 6.07. The van der Waals surface area contributed by atoms with Crippen molar-refractivity contribution in [2.45, 2.75) is 65.8 Å². The summed E-state index contributed by atoms with van der Waals surface area (Å²) in [5.74, 6) is 1.74. The zero-order valence-electron chi connectivity index (χ0n) is 14.3. The van der Waals surface area contributed by atoms with Crippen molar-refractivity contribution in [2.24, 2.45) is 5.92 Å². The molecule has 0 saturated carbocycles. The van der Waals surface area contributed by atoms with Gasteiger partial charge in [0.2, 0.25) is 0 Å². The highest BCUT2D eigenvalue weighted by atomic mass is 16.5. The molecule has 0 saturated heterocycles. The summed E-state index contributed by atoms with van der Waals surface area (Å²) in [5.41, 5.74) is 1.33. The molecule has 1 rings (SSSR count). The van der Waals surface area contributed by atoms with Gasteiger partial charge in [0.05, 0.1) is 6.61 Å². The molecule has 1 N–H and O–H groups in total. The molecule has 0 bridgehead atoms. The number of nitrogens with one attached hydrogen (secondary N) is 1. The number of para-hydroxylation sites is 1. The predicted molar refractivity (Wildman–Crippen MR) is 92.0 cm³/mol. The van der Waals surface area contributed by atoms with E-state index in [4.69, 9.17) is 4.74 Å². The van der Waals surface area contributed by atoms with E-state index in [0.29, 0.717) is 12.0 Å². The van der Waals surface area contributed by atoms with E-state index in [1.165, 1.54) is 31.2 Å². The second-order valence-corrected chi connectivity index (χ2v) is 5.76. The van der Waals surface area contributed by atoms with Crippen LogP contribution >= 0.6 is 0 Å². The van der Waals surface area contributed by atoms with Crippen LogP contribution in [-0.2, 0) is 0 Å². The van der Waals surface area contributed by atoms with Gasteiger partial charge in [0, 0.05) is 11.6 Å². The molecule has 0 aromatic heterocycles. The molecule has 0 aliphatic carbocycles. The van der Waals surface area contributed by atoms with Crippen LogP contribution in [0.15, 0.2) is 24.3 Å². The van der Waals surface area contributed by atoms with Gasteiger partial charge in [-0.15, -0.1) is 0 Å². The fourth-order valence-electron chi connectivity index (χ4n) is 3.05. The highest BCUT2D eigenvalue weighted by molar-refractivity contribution is 5.36. The van der Waals surface area contributed by atoms with Gasteiger partial charge in [-0.1, -0.05) is 58.7 Å². The van der Waals surface area contributed by atoms with Crippen molar-refractivity contribution >= 4 is 0 Å². The molecule has 120 valence electrons. The minimum atomic E-state index is 0.406. The number of hydrogen-bond acceptors (Lipinski definition) is 2. The molecular formula is C19H33NO. The Bertz CT molecular complexity index is 372. The van der Waals surface area contributed by atoms with Crippen molar-refractivity contribution in [2.75, 3.05) is 13.2 Å². The summed E-state index contributed by atoms with van der Waals surface area (Å²) >= 11 is 0. The quantitative estimate of drug-likeness (QED) is 0.594. The Kier molecular flexibility index (Phi) is 9.16. The van der Waals surface area contributed by atoms with E-state index in [1.807, 2.05) is 0 Å². The SMILES string of the molecule is CCCOc1ccccc1C(NCC)C(CCC)CCC. The van der Waals surface area contributed by atoms with E-state index < -0.39 is 0 Å². The first-order valence-corrected chi connectivity index (χ1v) is 8.73. The van der Waals surface area contributed by atoms with Crippen LogP contribution in [0.25, 0.3) is 0 Å². The second-order valence-electron chi connectivity index (χ2n) is 5.76. The highest BCUT2D eigenvalue weighted by Crippen LogP contribution is 2.34. The van der Waals surface area contributed by atoms with Crippen LogP contribution in [0, 0.1) is 5.92 Å². The largest absolute Gasteiger partial charge is 0.493 e. The van der Waals surface area contributed by atoms with Gasteiger partial charge in [0.15, 0.2) is 0 Å². The third-order valence-corrected chi connectivity index (χ3v) is 3.93. The lowest BCUT2D eigenvalue weighted by Gasteiger charge is -2.29. The van der Waals surface area contributed by atoms with Gasteiger partial charge in [0.1, 0.15) is 5.75 Å². The van der Waals surface area contributed by atoms with E-state index in [1.54, 1.807) is 0 Å². The van der Waals surface area contributed by atoms with Crippen molar-refractivity contribution < 1.29 is 4.74 Å².